The van der Waals surface area contributed by atoms with Crippen molar-refractivity contribution in [2.75, 3.05) is 18.8 Å². The fourth-order valence-electron chi connectivity index (χ4n) is 2.16. The molecule has 0 saturated carbocycles. The first-order valence-electron chi connectivity index (χ1n) is 7.03. The third-order valence-electron chi connectivity index (χ3n) is 3.16. The molecule has 0 saturated heterocycles. The number of allylic oxidation sites excluding steroid dienone is 1. The van der Waals surface area contributed by atoms with Gasteiger partial charge in [0.15, 0.2) is 5.96 Å². The van der Waals surface area contributed by atoms with Crippen molar-refractivity contribution in [3.05, 3.63) is 23.7 Å². The SMILES string of the molecule is NC(N)=NCC(C1=NC(N)=N/C1=C\C[NH+]=C(N)N)c1c[nH+]c(N)[nH]1. The van der Waals surface area contributed by atoms with Crippen LogP contribution in [0.25, 0.3) is 0 Å². The number of rotatable bonds is 6. The Morgan fingerprint density at radius 2 is 2.04 bits per heavy atom. The van der Waals surface area contributed by atoms with Crippen molar-refractivity contribution in [2.24, 2.45) is 43.6 Å². The summed E-state index contributed by atoms with van der Waals surface area (Å²) >= 11 is 0. The quantitative estimate of drug-likeness (QED) is 0.186. The zero-order valence-electron chi connectivity index (χ0n) is 13.0. The first-order valence-corrected chi connectivity index (χ1v) is 7.03. The minimum Gasteiger partial charge on any atom is -0.370 e. The maximum absolute atomic E-state index is 5.74. The third-order valence-corrected chi connectivity index (χ3v) is 3.16. The Morgan fingerprint density at radius 1 is 1.29 bits per heavy atom. The lowest BCUT2D eigenvalue weighted by molar-refractivity contribution is -0.446. The fraction of sp³-hybridized carbons (Fsp3) is 0.250. The Morgan fingerprint density at radius 3 is 2.62 bits per heavy atom. The molecule has 1 aliphatic heterocycles. The molecule has 24 heavy (non-hydrogen) atoms. The predicted octanol–water partition coefficient (Wildman–Crippen LogP) is -5.22. The summed E-state index contributed by atoms with van der Waals surface area (Å²) in [7, 11) is 0. The van der Waals surface area contributed by atoms with Crippen molar-refractivity contribution in [3.63, 3.8) is 0 Å². The van der Waals surface area contributed by atoms with Gasteiger partial charge in [-0.25, -0.2) is 20.0 Å². The van der Waals surface area contributed by atoms with E-state index in [9.17, 15) is 0 Å². The first-order chi connectivity index (χ1) is 11.4. The van der Waals surface area contributed by atoms with E-state index in [-0.39, 0.29) is 30.3 Å². The Hall–Kier alpha value is -3.57. The van der Waals surface area contributed by atoms with Gasteiger partial charge in [0.05, 0.1) is 36.6 Å². The van der Waals surface area contributed by atoms with E-state index in [1.807, 2.05) is 0 Å². The van der Waals surface area contributed by atoms with Crippen LogP contribution in [0.3, 0.4) is 0 Å². The van der Waals surface area contributed by atoms with Crippen LogP contribution in [0.5, 0.6) is 0 Å². The summed E-state index contributed by atoms with van der Waals surface area (Å²) < 4.78 is 0. The molecule has 1 atom stereocenters. The lowest BCUT2D eigenvalue weighted by atomic mass is 9.97. The van der Waals surface area contributed by atoms with Gasteiger partial charge in [0.25, 0.3) is 0 Å². The molecule has 0 bridgehead atoms. The summed E-state index contributed by atoms with van der Waals surface area (Å²) in [5.74, 6) is 0.276. The number of aromatic amines is 2. The maximum Gasteiger partial charge on any atom is 0.350 e. The van der Waals surface area contributed by atoms with Crippen LogP contribution >= 0.6 is 0 Å². The highest BCUT2D eigenvalue weighted by Gasteiger charge is 2.29. The smallest absolute Gasteiger partial charge is 0.350 e. The zero-order valence-corrected chi connectivity index (χ0v) is 13.0. The van der Waals surface area contributed by atoms with Crippen LogP contribution in [-0.4, -0.2) is 41.7 Å². The zero-order chi connectivity index (χ0) is 17.7. The molecule has 0 amide bonds. The number of hydrogen-bond acceptors (Lipinski definition) is 5. The van der Waals surface area contributed by atoms with Crippen molar-refractivity contribution in [2.45, 2.75) is 5.92 Å². The molecule has 1 aromatic heterocycles. The second-order valence-corrected chi connectivity index (χ2v) is 4.99. The van der Waals surface area contributed by atoms with Crippen LogP contribution in [0.2, 0.25) is 0 Å². The third kappa shape index (κ3) is 4.22. The largest absolute Gasteiger partial charge is 0.370 e. The molecular formula is C12H22N12+2. The second-order valence-electron chi connectivity index (χ2n) is 4.99. The van der Waals surface area contributed by atoms with E-state index >= 15 is 0 Å². The van der Waals surface area contributed by atoms with Gasteiger partial charge in [-0.3, -0.25) is 27.2 Å². The Labute approximate surface area is 137 Å². The number of anilines is 1. The number of aliphatic imine (C=N–C) groups is 3. The van der Waals surface area contributed by atoms with Gasteiger partial charge in [-0.15, -0.1) is 0 Å². The van der Waals surface area contributed by atoms with Crippen LogP contribution in [0.4, 0.5) is 5.95 Å². The average Bonchev–Trinajstić information content (AvgIpc) is 3.05. The molecule has 15 N–H and O–H groups in total. The predicted molar refractivity (Wildman–Crippen MR) is 91.5 cm³/mol. The van der Waals surface area contributed by atoms with Gasteiger partial charge in [-0.05, 0) is 6.08 Å². The topological polar surface area (TPSA) is 237 Å². The number of guanidine groups is 3. The van der Waals surface area contributed by atoms with Crippen molar-refractivity contribution in [1.29, 1.82) is 0 Å². The van der Waals surface area contributed by atoms with Gasteiger partial charge in [-0.1, -0.05) is 0 Å². The summed E-state index contributed by atoms with van der Waals surface area (Å²) in [5, 5.41) is 0. The van der Waals surface area contributed by atoms with Crippen LogP contribution < -0.4 is 44.4 Å². The minimum absolute atomic E-state index is 0.0336. The lowest BCUT2D eigenvalue weighted by Crippen LogP contribution is -2.77. The van der Waals surface area contributed by atoms with Gasteiger partial charge >= 0.3 is 11.9 Å². The molecule has 0 aromatic carbocycles. The van der Waals surface area contributed by atoms with E-state index in [1.54, 1.807) is 12.3 Å². The monoisotopic (exact) mass is 334 g/mol. The molecule has 0 spiro atoms. The Kier molecular flexibility index (Phi) is 4.99. The summed E-state index contributed by atoms with van der Waals surface area (Å²) in [6.45, 7) is 0.606. The van der Waals surface area contributed by atoms with Gasteiger partial charge in [0.1, 0.15) is 5.69 Å². The van der Waals surface area contributed by atoms with Gasteiger partial charge < -0.3 is 17.2 Å². The maximum atomic E-state index is 5.74. The molecule has 1 unspecified atom stereocenters. The van der Waals surface area contributed by atoms with Crippen LogP contribution in [0.1, 0.15) is 11.6 Å². The highest BCUT2D eigenvalue weighted by atomic mass is 15.1. The molecule has 0 radical (unpaired) electrons. The van der Waals surface area contributed by atoms with E-state index in [0.717, 1.165) is 5.69 Å². The van der Waals surface area contributed by atoms with E-state index in [0.29, 0.717) is 23.9 Å². The van der Waals surface area contributed by atoms with Crippen LogP contribution in [0.15, 0.2) is 32.9 Å². The van der Waals surface area contributed by atoms with E-state index < -0.39 is 0 Å². The second kappa shape index (κ2) is 7.13. The first kappa shape index (κ1) is 16.8. The number of H-pyrrole nitrogens is 2. The number of hydrogen-bond donors (Lipinski definition) is 8. The van der Waals surface area contributed by atoms with Crippen molar-refractivity contribution in [1.82, 2.24) is 4.98 Å². The molecule has 12 nitrogen and oxygen atoms in total. The number of nitrogens with one attached hydrogen (secondary N) is 3. The number of aromatic nitrogens is 2. The number of nitrogen functional groups attached to an aromatic ring is 1. The summed E-state index contributed by atoms with van der Waals surface area (Å²) in [6, 6.07) is 0. The molecule has 2 rings (SSSR count). The molecular weight excluding hydrogens is 312 g/mol. The van der Waals surface area contributed by atoms with Gasteiger partial charge in [0.2, 0.25) is 5.96 Å². The average molecular weight is 334 g/mol. The normalized spacial score (nSPS) is 16.4. The summed E-state index contributed by atoms with van der Waals surface area (Å²) in [5.41, 5.74) is 35.0. The molecule has 2 heterocycles. The standard InChI is InChI=1S/C12H20N12/c13-9(14)19-2-1-6-8(24-12(18)22-6)5(3-20-10(15)16)7-4-21-11(17)23-7/h1,4-5H,2-3H2,(H2,18,22)(H4,13,14,19)(H4,15,16,20)(H3,17,21,23)/p+2/b6-1-. The Balaban J connectivity index is 2.35. The molecule has 0 aliphatic carbocycles. The van der Waals surface area contributed by atoms with Crippen molar-refractivity contribution in [3.8, 4) is 0 Å². The van der Waals surface area contributed by atoms with E-state index in [2.05, 4.69) is 29.9 Å². The molecule has 1 aliphatic rings. The molecule has 12 heteroatoms. The van der Waals surface area contributed by atoms with Crippen LogP contribution in [0, 0.1) is 0 Å². The fourth-order valence-corrected chi connectivity index (χ4v) is 2.16. The van der Waals surface area contributed by atoms with Gasteiger partial charge in [0, 0.05) is 0 Å². The lowest BCUT2D eigenvalue weighted by Gasteiger charge is -2.12. The highest BCUT2D eigenvalue weighted by molar-refractivity contribution is 6.15. The van der Waals surface area contributed by atoms with Gasteiger partial charge in [-0.2, -0.15) is 0 Å². The summed E-state index contributed by atoms with van der Waals surface area (Å²) in [6.07, 6.45) is 3.47. The summed E-state index contributed by atoms with van der Waals surface area (Å²) in [4.78, 5) is 21.2. The van der Waals surface area contributed by atoms with E-state index in [1.165, 1.54) is 0 Å². The molecule has 0 fully saturated rings. The van der Waals surface area contributed by atoms with Crippen LogP contribution in [-0.2, 0) is 0 Å². The van der Waals surface area contributed by atoms with Crippen molar-refractivity contribution >= 4 is 29.5 Å². The minimum atomic E-state index is -0.323. The van der Waals surface area contributed by atoms with E-state index in [4.69, 9.17) is 34.4 Å². The molecule has 1 aromatic rings. The highest BCUT2D eigenvalue weighted by Crippen LogP contribution is 2.24. The number of nitrogens with two attached hydrogens (primary N) is 6. The Bertz CT molecular complexity index is 742. The molecule has 128 valence electrons. The number of nitrogens with zero attached hydrogens (tertiary/aromatic N) is 3. The number of imidazole rings is 1. The van der Waals surface area contributed by atoms with Crippen molar-refractivity contribution < 1.29 is 9.98 Å².